The van der Waals surface area contributed by atoms with Crippen LogP contribution in [0.1, 0.15) is 23.2 Å². The standard InChI is InChI=1S/C20H22N4O3/c1-22-9-14(8-21-22)13-5-6-15-17(7-13)27-18-11-24(19(25)12-3-4-12)10-16(18)23(2)20(15)26/h5-9,12,16,18H,3-4,10-11H2,1-2H3/t16-,18+/m1/s1. The second-order valence-electron chi connectivity index (χ2n) is 7.77. The maximum absolute atomic E-state index is 13.0. The summed E-state index contributed by atoms with van der Waals surface area (Å²) < 4.78 is 8.03. The fraction of sp³-hybridized carbons (Fsp3) is 0.450. The Bertz CT molecular complexity index is 933. The van der Waals surface area contributed by atoms with Crippen molar-refractivity contribution in [2.75, 3.05) is 20.1 Å². The van der Waals surface area contributed by atoms with Crippen LogP contribution in [-0.2, 0) is 11.8 Å². The zero-order valence-electron chi connectivity index (χ0n) is 15.5. The number of aryl methyl sites for hydroxylation is 1. The van der Waals surface area contributed by atoms with E-state index >= 15 is 0 Å². The largest absolute Gasteiger partial charge is 0.485 e. The Morgan fingerprint density at radius 3 is 2.70 bits per heavy atom. The smallest absolute Gasteiger partial charge is 0.257 e. The molecule has 0 radical (unpaired) electrons. The molecule has 2 fully saturated rings. The molecule has 7 heteroatoms. The molecule has 1 saturated carbocycles. The fourth-order valence-electron chi connectivity index (χ4n) is 4.06. The summed E-state index contributed by atoms with van der Waals surface area (Å²) >= 11 is 0. The topological polar surface area (TPSA) is 67.7 Å². The molecule has 0 unspecified atom stereocenters. The number of likely N-dealkylation sites (N-methyl/N-ethyl adjacent to an activating group) is 1. The van der Waals surface area contributed by atoms with Crippen molar-refractivity contribution in [3.63, 3.8) is 0 Å². The zero-order valence-corrected chi connectivity index (χ0v) is 15.5. The van der Waals surface area contributed by atoms with Crippen LogP contribution in [-0.4, -0.2) is 63.7 Å². The highest BCUT2D eigenvalue weighted by atomic mass is 16.5. The third kappa shape index (κ3) is 2.69. The molecular weight excluding hydrogens is 344 g/mol. The van der Waals surface area contributed by atoms with Crippen molar-refractivity contribution in [1.82, 2.24) is 19.6 Å². The van der Waals surface area contributed by atoms with E-state index in [-0.39, 0.29) is 29.9 Å². The number of fused-ring (bicyclic) bond motifs is 2. The maximum Gasteiger partial charge on any atom is 0.257 e. The van der Waals surface area contributed by atoms with E-state index in [1.54, 1.807) is 22.8 Å². The molecule has 1 aliphatic carbocycles. The van der Waals surface area contributed by atoms with Gasteiger partial charge in [0.25, 0.3) is 5.91 Å². The molecule has 0 N–H and O–H groups in total. The number of rotatable bonds is 2. The molecule has 3 heterocycles. The summed E-state index contributed by atoms with van der Waals surface area (Å²) in [6.45, 7) is 1.08. The summed E-state index contributed by atoms with van der Waals surface area (Å²) in [5, 5.41) is 4.21. The molecule has 3 aliphatic rings. The number of nitrogens with zero attached hydrogens (tertiary/aromatic N) is 4. The van der Waals surface area contributed by atoms with Gasteiger partial charge in [-0.2, -0.15) is 5.10 Å². The second-order valence-corrected chi connectivity index (χ2v) is 7.77. The van der Waals surface area contributed by atoms with Gasteiger partial charge in [-0.25, -0.2) is 0 Å². The quantitative estimate of drug-likeness (QED) is 0.809. The van der Waals surface area contributed by atoms with Crippen molar-refractivity contribution >= 4 is 11.8 Å². The SMILES string of the molecule is CN1C(=O)c2ccc(-c3cnn(C)c3)cc2O[C@H]2CN(C(=O)C3CC3)C[C@H]21. The molecule has 27 heavy (non-hydrogen) atoms. The summed E-state index contributed by atoms with van der Waals surface area (Å²) in [6, 6.07) is 5.54. The highest BCUT2D eigenvalue weighted by Crippen LogP contribution is 2.36. The number of likely N-dealkylation sites (tertiary alicyclic amines) is 1. The van der Waals surface area contributed by atoms with Gasteiger partial charge in [0, 0.05) is 38.3 Å². The van der Waals surface area contributed by atoms with Crippen LogP contribution in [0.4, 0.5) is 0 Å². The number of benzene rings is 1. The first-order valence-electron chi connectivity index (χ1n) is 9.37. The summed E-state index contributed by atoms with van der Waals surface area (Å²) in [5.74, 6) is 0.909. The van der Waals surface area contributed by atoms with E-state index in [1.165, 1.54) is 0 Å². The van der Waals surface area contributed by atoms with Crippen molar-refractivity contribution in [1.29, 1.82) is 0 Å². The number of aromatic nitrogens is 2. The van der Waals surface area contributed by atoms with Crippen molar-refractivity contribution in [3.8, 4) is 16.9 Å². The van der Waals surface area contributed by atoms with E-state index in [1.807, 2.05) is 36.3 Å². The minimum Gasteiger partial charge on any atom is -0.485 e. The predicted octanol–water partition coefficient (Wildman–Crippen LogP) is 1.54. The number of carbonyl (C=O) groups excluding carboxylic acids is 2. The van der Waals surface area contributed by atoms with Gasteiger partial charge in [0.15, 0.2) is 0 Å². The molecule has 0 bridgehead atoms. The lowest BCUT2D eigenvalue weighted by Gasteiger charge is -2.25. The Morgan fingerprint density at radius 2 is 2.00 bits per heavy atom. The third-order valence-corrected chi connectivity index (χ3v) is 5.82. The number of ether oxygens (including phenoxy) is 1. The summed E-state index contributed by atoms with van der Waals surface area (Å²) in [4.78, 5) is 29.1. The van der Waals surface area contributed by atoms with E-state index in [2.05, 4.69) is 5.10 Å². The van der Waals surface area contributed by atoms with E-state index in [0.717, 1.165) is 24.0 Å². The molecule has 2 atom stereocenters. The normalized spacial score (nSPS) is 24.3. The molecule has 1 aromatic carbocycles. The average Bonchev–Trinajstić information content (AvgIpc) is 3.31. The minimum absolute atomic E-state index is 0.0593. The number of carbonyl (C=O) groups is 2. The second kappa shape index (κ2) is 5.84. The van der Waals surface area contributed by atoms with E-state index in [9.17, 15) is 9.59 Å². The van der Waals surface area contributed by atoms with Crippen LogP contribution < -0.4 is 4.74 Å². The van der Waals surface area contributed by atoms with Crippen molar-refractivity contribution < 1.29 is 14.3 Å². The van der Waals surface area contributed by atoms with Crippen LogP contribution >= 0.6 is 0 Å². The number of amides is 2. The lowest BCUT2D eigenvalue weighted by molar-refractivity contribution is -0.131. The first-order chi connectivity index (χ1) is 13.0. The summed E-state index contributed by atoms with van der Waals surface area (Å²) in [7, 11) is 3.68. The molecular formula is C20H22N4O3. The molecule has 0 spiro atoms. The van der Waals surface area contributed by atoms with Gasteiger partial charge >= 0.3 is 0 Å². The van der Waals surface area contributed by atoms with Crippen LogP contribution in [0.2, 0.25) is 0 Å². The van der Waals surface area contributed by atoms with Crippen molar-refractivity contribution in [2.45, 2.75) is 25.0 Å². The van der Waals surface area contributed by atoms with Gasteiger partial charge in [0.1, 0.15) is 11.9 Å². The lowest BCUT2D eigenvalue weighted by atomic mass is 10.1. The van der Waals surface area contributed by atoms with E-state index in [0.29, 0.717) is 24.4 Å². The monoisotopic (exact) mass is 366 g/mol. The Kier molecular flexibility index (Phi) is 3.54. The number of hydrogen-bond acceptors (Lipinski definition) is 4. The first-order valence-corrected chi connectivity index (χ1v) is 9.37. The Balaban J connectivity index is 1.47. The van der Waals surface area contributed by atoms with Crippen LogP contribution in [0.25, 0.3) is 11.1 Å². The summed E-state index contributed by atoms with van der Waals surface area (Å²) in [6.07, 6.45) is 5.49. The molecule has 2 aliphatic heterocycles. The summed E-state index contributed by atoms with van der Waals surface area (Å²) in [5.41, 5.74) is 2.50. The average molecular weight is 366 g/mol. The predicted molar refractivity (Wildman–Crippen MR) is 98.2 cm³/mol. The van der Waals surface area contributed by atoms with Gasteiger partial charge in [-0.3, -0.25) is 14.3 Å². The van der Waals surface area contributed by atoms with Gasteiger partial charge in [0.2, 0.25) is 5.91 Å². The van der Waals surface area contributed by atoms with Crippen LogP contribution in [0.3, 0.4) is 0 Å². The Hall–Kier alpha value is -2.83. The third-order valence-electron chi connectivity index (χ3n) is 5.82. The molecule has 1 saturated heterocycles. The Labute approximate surface area is 157 Å². The highest BCUT2D eigenvalue weighted by molar-refractivity contribution is 5.98. The first kappa shape index (κ1) is 16.4. The zero-order chi connectivity index (χ0) is 18.7. The highest BCUT2D eigenvalue weighted by Gasteiger charge is 2.46. The maximum atomic E-state index is 13.0. The molecule has 140 valence electrons. The molecule has 2 aromatic rings. The number of hydrogen-bond donors (Lipinski definition) is 0. The van der Waals surface area contributed by atoms with Gasteiger partial charge in [-0.1, -0.05) is 6.07 Å². The fourth-order valence-corrected chi connectivity index (χ4v) is 4.06. The van der Waals surface area contributed by atoms with Crippen LogP contribution in [0, 0.1) is 5.92 Å². The van der Waals surface area contributed by atoms with Gasteiger partial charge in [-0.05, 0) is 30.5 Å². The molecule has 5 rings (SSSR count). The van der Waals surface area contributed by atoms with Crippen LogP contribution in [0.15, 0.2) is 30.6 Å². The van der Waals surface area contributed by atoms with Crippen molar-refractivity contribution in [3.05, 3.63) is 36.2 Å². The van der Waals surface area contributed by atoms with Gasteiger partial charge in [0.05, 0.1) is 24.3 Å². The lowest BCUT2D eigenvalue weighted by Crippen LogP contribution is -2.44. The van der Waals surface area contributed by atoms with Gasteiger partial charge < -0.3 is 14.5 Å². The van der Waals surface area contributed by atoms with Gasteiger partial charge in [-0.15, -0.1) is 0 Å². The Morgan fingerprint density at radius 1 is 1.19 bits per heavy atom. The molecule has 7 nitrogen and oxygen atoms in total. The van der Waals surface area contributed by atoms with E-state index < -0.39 is 0 Å². The van der Waals surface area contributed by atoms with Crippen molar-refractivity contribution in [2.24, 2.45) is 13.0 Å². The molecule has 1 aromatic heterocycles. The molecule has 2 amide bonds. The van der Waals surface area contributed by atoms with E-state index in [4.69, 9.17) is 4.74 Å². The minimum atomic E-state index is -0.202. The van der Waals surface area contributed by atoms with Crippen LogP contribution in [0.5, 0.6) is 5.75 Å².